The van der Waals surface area contributed by atoms with E-state index in [-0.39, 0.29) is 17.9 Å². The Morgan fingerprint density at radius 1 is 1.22 bits per heavy atom. The van der Waals surface area contributed by atoms with E-state index in [1.54, 1.807) is 0 Å². The van der Waals surface area contributed by atoms with Gasteiger partial charge in [-0.25, -0.2) is 0 Å². The summed E-state index contributed by atoms with van der Waals surface area (Å²) in [6.07, 6.45) is 3.45. The van der Waals surface area contributed by atoms with Crippen molar-refractivity contribution in [3.63, 3.8) is 0 Å². The van der Waals surface area contributed by atoms with E-state index >= 15 is 0 Å². The number of ether oxygens (including phenoxy) is 1. The van der Waals surface area contributed by atoms with Crippen LogP contribution in [0.2, 0.25) is 0 Å². The normalized spacial score (nSPS) is 33.6. The second-order valence-electron chi connectivity index (χ2n) is 5.53. The molecule has 0 amide bonds. The Bertz CT molecular complexity index is 429. The maximum Gasteiger partial charge on any atom is 0.311 e. The first-order valence-corrected chi connectivity index (χ1v) is 6.72. The van der Waals surface area contributed by atoms with Crippen LogP contribution in [0.4, 0.5) is 0 Å². The van der Waals surface area contributed by atoms with Gasteiger partial charge in [-0.2, -0.15) is 0 Å². The molecule has 1 aromatic rings. The summed E-state index contributed by atoms with van der Waals surface area (Å²) in [5, 5.41) is 0. The zero-order chi connectivity index (χ0) is 12.5. The molecule has 2 aliphatic carbocycles. The first-order chi connectivity index (χ1) is 8.75. The van der Waals surface area contributed by atoms with E-state index in [1.807, 2.05) is 30.3 Å². The Kier molecular flexibility index (Phi) is 3.08. The molecule has 3 heteroatoms. The Morgan fingerprint density at radius 2 is 1.94 bits per heavy atom. The van der Waals surface area contributed by atoms with Crippen LogP contribution in [0.15, 0.2) is 30.3 Å². The molecule has 1 aromatic carbocycles. The van der Waals surface area contributed by atoms with Crippen molar-refractivity contribution in [2.75, 3.05) is 0 Å². The molecule has 0 heterocycles. The molecule has 0 spiro atoms. The van der Waals surface area contributed by atoms with Crippen molar-refractivity contribution < 1.29 is 9.53 Å². The lowest BCUT2D eigenvalue weighted by Gasteiger charge is -2.26. The highest BCUT2D eigenvalue weighted by Gasteiger charge is 2.49. The Morgan fingerprint density at radius 3 is 2.61 bits per heavy atom. The molecule has 4 atom stereocenters. The average molecular weight is 245 g/mol. The van der Waals surface area contributed by atoms with Crippen LogP contribution in [0.25, 0.3) is 0 Å². The molecule has 2 unspecified atom stereocenters. The van der Waals surface area contributed by atoms with Crippen molar-refractivity contribution in [1.29, 1.82) is 0 Å². The van der Waals surface area contributed by atoms with Crippen LogP contribution in [-0.4, -0.2) is 12.0 Å². The number of carbonyl (C=O) groups excluding carboxylic acids is 1. The number of benzene rings is 1. The Hall–Kier alpha value is -1.35. The number of carbonyl (C=O) groups is 1. The summed E-state index contributed by atoms with van der Waals surface area (Å²) in [5.41, 5.74) is 7.16. The summed E-state index contributed by atoms with van der Waals surface area (Å²) in [5.74, 6) is 0.851. The number of rotatable bonds is 3. The van der Waals surface area contributed by atoms with E-state index in [1.165, 1.54) is 6.42 Å². The summed E-state index contributed by atoms with van der Waals surface area (Å²) in [7, 11) is 0. The summed E-state index contributed by atoms with van der Waals surface area (Å²) in [4.78, 5) is 12.1. The minimum Gasteiger partial charge on any atom is -0.461 e. The van der Waals surface area contributed by atoms with Gasteiger partial charge in [-0.1, -0.05) is 30.3 Å². The zero-order valence-corrected chi connectivity index (χ0v) is 10.4. The molecule has 3 rings (SSSR count). The second-order valence-corrected chi connectivity index (χ2v) is 5.53. The standard InChI is InChI=1S/C15H19NO2/c16-14-12-7-6-11(8-12)13(14)15(17)18-9-10-4-2-1-3-5-10/h1-5,11-14H,6-9,16H2/t11?,12?,13-,14-/m1/s1. The van der Waals surface area contributed by atoms with Crippen molar-refractivity contribution in [3.8, 4) is 0 Å². The molecule has 0 aliphatic heterocycles. The highest BCUT2D eigenvalue weighted by Crippen LogP contribution is 2.48. The minimum atomic E-state index is -0.0986. The molecule has 2 bridgehead atoms. The quantitative estimate of drug-likeness (QED) is 0.830. The molecular weight excluding hydrogens is 226 g/mol. The molecule has 2 aliphatic rings. The molecule has 2 N–H and O–H groups in total. The van der Waals surface area contributed by atoms with Crippen LogP contribution in [0, 0.1) is 17.8 Å². The van der Waals surface area contributed by atoms with Crippen LogP contribution < -0.4 is 5.73 Å². The van der Waals surface area contributed by atoms with Gasteiger partial charge in [-0.15, -0.1) is 0 Å². The predicted molar refractivity (Wildman–Crippen MR) is 68.5 cm³/mol. The van der Waals surface area contributed by atoms with Crippen LogP contribution in [-0.2, 0) is 16.1 Å². The number of nitrogens with two attached hydrogens (primary N) is 1. The largest absolute Gasteiger partial charge is 0.461 e. The number of hydrogen-bond donors (Lipinski definition) is 1. The molecule has 0 saturated heterocycles. The molecule has 2 saturated carbocycles. The Balaban J connectivity index is 1.59. The first kappa shape index (κ1) is 11.7. The van der Waals surface area contributed by atoms with Gasteiger partial charge < -0.3 is 10.5 Å². The lowest BCUT2D eigenvalue weighted by Crippen LogP contribution is -2.40. The van der Waals surface area contributed by atoms with Gasteiger partial charge in [0.2, 0.25) is 0 Å². The van der Waals surface area contributed by atoms with Crippen LogP contribution in [0.5, 0.6) is 0 Å². The van der Waals surface area contributed by atoms with Gasteiger partial charge in [0.15, 0.2) is 0 Å². The van der Waals surface area contributed by atoms with Crippen molar-refractivity contribution in [2.45, 2.75) is 31.9 Å². The van der Waals surface area contributed by atoms with E-state index in [2.05, 4.69) is 0 Å². The van der Waals surface area contributed by atoms with Gasteiger partial charge >= 0.3 is 5.97 Å². The number of fused-ring (bicyclic) bond motifs is 2. The smallest absolute Gasteiger partial charge is 0.311 e. The summed E-state index contributed by atoms with van der Waals surface area (Å²) in [6, 6.07) is 9.81. The molecule has 96 valence electrons. The number of hydrogen-bond acceptors (Lipinski definition) is 3. The van der Waals surface area contributed by atoms with Crippen molar-refractivity contribution in [1.82, 2.24) is 0 Å². The molecule has 2 fully saturated rings. The SMILES string of the molecule is N[C@@H]1C2CCC(C2)[C@H]1C(=O)OCc1ccccc1. The Labute approximate surface area is 107 Å². The van der Waals surface area contributed by atoms with Gasteiger partial charge in [-0.05, 0) is 36.7 Å². The zero-order valence-electron chi connectivity index (χ0n) is 10.4. The topological polar surface area (TPSA) is 52.3 Å². The van der Waals surface area contributed by atoms with Gasteiger partial charge in [-0.3, -0.25) is 4.79 Å². The van der Waals surface area contributed by atoms with Gasteiger partial charge in [0.1, 0.15) is 6.61 Å². The van der Waals surface area contributed by atoms with Crippen molar-refractivity contribution >= 4 is 5.97 Å². The third kappa shape index (κ3) is 2.03. The van der Waals surface area contributed by atoms with Gasteiger partial charge in [0.25, 0.3) is 0 Å². The van der Waals surface area contributed by atoms with Crippen LogP contribution >= 0.6 is 0 Å². The summed E-state index contributed by atoms with van der Waals surface area (Å²) in [6.45, 7) is 0.361. The van der Waals surface area contributed by atoms with E-state index in [9.17, 15) is 4.79 Å². The second kappa shape index (κ2) is 4.73. The monoisotopic (exact) mass is 245 g/mol. The van der Waals surface area contributed by atoms with Crippen molar-refractivity contribution in [3.05, 3.63) is 35.9 Å². The fourth-order valence-corrected chi connectivity index (χ4v) is 3.51. The molecule has 0 aromatic heterocycles. The fourth-order valence-electron chi connectivity index (χ4n) is 3.51. The lowest BCUT2D eigenvalue weighted by atomic mass is 9.85. The maximum absolute atomic E-state index is 12.1. The van der Waals surface area contributed by atoms with Gasteiger partial charge in [0.05, 0.1) is 5.92 Å². The summed E-state index contributed by atoms with van der Waals surface area (Å²) >= 11 is 0. The van der Waals surface area contributed by atoms with E-state index < -0.39 is 0 Å². The van der Waals surface area contributed by atoms with Crippen molar-refractivity contribution in [2.24, 2.45) is 23.5 Å². The molecule has 18 heavy (non-hydrogen) atoms. The molecule has 3 nitrogen and oxygen atoms in total. The third-order valence-electron chi connectivity index (χ3n) is 4.48. The minimum absolute atomic E-state index is 0.0204. The van der Waals surface area contributed by atoms with E-state index in [0.717, 1.165) is 18.4 Å². The lowest BCUT2D eigenvalue weighted by molar-refractivity contribution is -0.152. The fraction of sp³-hybridized carbons (Fsp3) is 0.533. The summed E-state index contributed by atoms with van der Waals surface area (Å²) < 4.78 is 5.42. The van der Waals surface area contributed by atoms with Gasteiger partial charge in [0, 0.05) is 6.04 Å². The van der Waals surface area contributed by atoms with E-state index in [0.29, 0.717) is 18.4 Å². The maximum atomic E-state index is 12.1. The average Bonchev–Trinajstić information content (AvgIpc) is 2.98. The van der Waals surface area contributed by atoms with Crippen LogP contribution in [0.3, 0.4) is 0 Å². The predicted octanol–water partition coefficient (Wildman–Crippen LogP) is 2.10. The highest BCUT2D eigenvalue weighted by atomic mass is 16.5. The molecular formula is C15H19NO2. The first-order valence-electron chi connectivity index (χ1n) is 6.72. The third-order valence-corrected chi connectivity index (χ3v) is 4.48. The van der Waals surface area contributed by atoms with E-state index in [4.69, 9.17) is 10.5 Å². The highest BCUT2D eigenvalue weighted by molar-refractivity contribution is 5.74. The number of esters is 1. The van der Waals surface area contributed by atoms with Crippen LogP contribution in [0.1, 0.15) is 24.8 Å². The molecule has 0 radical (unpaired) electrons.